The lowest BCUT2D eigenvalue weighted by Gasteiger charge is -2.09. The molecule has 0 saturated carbocycles. The van der Waals surface area contributed by atoms with Crippen molar-refractivity contribution in [3.05, 3.63) is 46.6 Å². The maximum atomic E-state index is 11.8. The highest BCUT2D eigenvalue weighted by molar-refractivity contribution is 6.35. The van der Waals surface area contributed by atoms with Crippen molar-refractivity contribution < 1.29 is 4.79 Å². The summed E-state index contributed by atoms with van der Waals surface area (Å²) in [5.41, 5.74) is 6.44. The van der Waals surface area contributed by atoms with Crippen LogP contribution in [-0.4, -0.2) is 11.0 Å². The molecule has 0 aliphatic heterocycles. The summed E-state index contributed by atoms with van der Waals surface area (Å²) in [6.45, 7) is 0. The SMILES string of the molecule is Nc1cccnc1NC(=O)Nc1cc(Cl)ccc1Cl. The van der Waals surface area contributed by atoms with Gasteiger partial charge in [0.05, 0.1) is 16.4 Å². The quantitative estimate of drug-likeness (QED) is 0.792. The monoisotopic (exact) mass is 296 g/mol. The second-order valence-electron chi connectivity index (χ2n) is 3.64. The maximum absolute atomic E-state index is 11.8. The number of pyridine rings is 1. The topological polar surface area (TPSA) is 80.0 Å². The van der Waals surface area contributed by atoms with Crippen LogP contribution >= 0.6 is 23.2 Å². The third kappa shape index (κ3) is 3.49. The van der Waals surface area contributed by atoms with Crippen LogP contribution in [0.15, 0.2) is 36.5 Å². The van der Waals surface area contributed by atoms with E-state index in [0.29, 0.717) is 21.4 Å². The molecule has 2 amide bonds. The summed E-state index contributed by atoms with van der Waals surface area (Å²) in [4.78, 5) is 15.7. The smallest absolute Gasteiger partial charge is 0.324 e. The summed E-state index contributed by atoms with van der Waals surface area (Å²) in [5.74, 6) is 0.276. The molecule has 7 heteroatoms. The van der Waals surface area contributed by atoms with Crippen molar-refractivity contribution in [2.24, 2.45) is 0 Å². The number of carbonyl (C=O) groups excluding carboxylic acids is 1. The van der Waals surface area contributed by atoms with Crippen LogP contribution in [0.2, 0.25) is 10.0 Å². The van der Waals surface area contributed by atoms with Gasteiger partial charge in [-0.05, 0) is 30.3 Å². The number of carbonyl (C=O) groups is 1. The van der Waals surface area contributed by atoms with Crippen LogP contribution < -0.4 is 16.4 Å². The van der Waals surface area contributed by atoms with Crippen molar-refractivity contribution in [3.8, 4) is 0 Å². The minimum atomic E-state index is -0.505. The number of anilines is 3. The molecule has 0 saturated heterocycles. The molecule has 1 heterocycles. The molecule has 98 valence electrons. The summed E-state index contributed by atoms with van der Waals surface area (Å²) < 4.78 is 0. The number of nitrogens with two attached hydrogens (primary N) is 1. The average molecular weight is 297 g/mol. The van der Waals surface area contributed by atoms with E-state index in [4.69, 9.17) is 28.9 Å². The number of halogens is 2. The van der Waals surface area contributed by atoms with Crippen molar-refractivity contribution >= 4 is 46.4 Å². The number of benzene rings is 1. The largest absolute Gasteiger partial charge is 0.396 e. The van der Waals surface area contributed by atoms with E-state index in [1.807, 2.05) is 0 Å². The molecule has 4 N–H and O–H groups in total. The summed E-state index contributed by atoms with van der Waals surface area (Å²) in [6.07, 6.45) is 1.53. The molecule has 2 aromatic rings. The van der Waals surface area contributed by atoms with Crippen molar-refractivity contribution in [3.63, 3.8) is 0 Å². The van der Waals surface area contributed by atoms with E-state index >= 15 is 0 Å². The number of nitrogen functional groups attached to an aromatic ring is 1. The van der Waals surface area contributed by atoms with Gasteiger partial charge in [0, 0.05) is 11.2 Å². The molecule has 0 aliphatic carbocycles. The van der Waals surface area contributed by atoms with Crippen molar-refractivity contribution in [1.29, 1.82) is 0 Å². The summed E-state index contributed by atoms with van der Waals surface area (Å²) in [5, 5.41) is 5.93. The lowest BCUT2D eigenvalue weighted by atomic mass is 10.3. The molecule has 0 bridgehead atoms. The molecule has 1 aromatic heterocycles. The number of hydrogen-bond donors (Lipinski definition) is 3. The fraction of sp³-hybridized carbons (Fsp3) is 0. The predicted molar refractivity (Wildman–Crippen MR) is 77.8 cm³/mol. The molecule has 0 radical (unpaired) electrons. The van der Waals surface area contributed by atoms with Gasteiger partial charge in [0.25, 0.3) is 0 Å². The molecule has 1 aromatic carbocycles. The van der Waals surface area contributed by atoms with Gasteiger partial charge in [-0.25, -0.2) is 9.78 Å². The van der Waals surface area contributed by atoms with Crippen molar-refractivity contribution in [2.75, 3.05) is 16.4 Å². The van der Waals surface area contributed by atoms with Gasteiger partial charge in [-0.2, -0.15) is 0 Å². The summed E-state index contributed by atoms with van der Waals surface area (Å²) in [6, 6.07) is 7.57. The highest BCUT2D eigenvalue weighted by Gasteiger charge is 2.08. The number of urea groups is 1. The van der Waals surface area contributed by atoms with Gasteiger partial charge in [-0.15, -0.1) is 0 Å². The zero-order valence-corrected chi connectivity index (χ0v) is 11.2. The van der Waals surface area contributed by atoms with E-state index in [1.165, 1.54) is 6.20 Å². The highest BCUT2D eigenvalue weighted by Crippen LogP contribution is 2.25. The van der Waals surface area contributed by atoms with Crippen molar-refractivity contribution in [2.45, 2.75) is 0 Å². The molecule has 0 atom stereocenters. The number of amides is 2. The lowest BCUT2D eigenvalue weighted by molar-refractivity contribution is 0.262. The Labute approximate surface area is 119 Å². The molecular weight excluding hydrogens is 287 g/mol. The molecule has 0 spiro atoms. The molecular formula is C12H10Cl2N4O. The first kappa shape index (κ1) is 13.5. The van der Waals surface area contributed by atoms with Gasteiger partial charge in [0.15, 0.2) is 5.82 Å². The summed E-state index contributed by atoms with van der Waals surface area (Å²) >= 11 is 11.8. The average Bonchev–Trinajstić information content (AvgIpc) is 2.37. The Morgan fingerprint density at radius 2 is 2.00 bits per heavy atom. The molecule has 5 nitrogen and oxygen atoms in total. The van der Waals surface area contributed by atoms with Crippen LogP contribution in [0.25, 0.3) is 0 Å². The van der Waals surface area contributed by atoms with Gasteiger partial charge in [-0.1, -0.05) is 23.2 Å². The fourth-order valence-corrected chi connectivity index (χ4v) is 1.71. The Balaban J connectivity index is 2.10. The lowest BCUT2D eigenvalue weighted by Crippen LogP contribution is -2.21. The Kier molecular flexibility index (Phi) is 4.09. The molecule has 0 aliphatic rings. The third-order valence-electron chi connectivity index (χ3n) is 2.25. The Morgan fingerprint density at radius 1 is 1.21 bits per heavy atom. The van der Waals surface area contributed by atoms with Crippen LogP contribution in [0.5, 0.6) is 0 Å². The normalized spacial score (nSPS) is 10.0. The molecule has 2 rings (SSSR count). The van der Waals surface area contributed by atoms with Crippen LogP contribution in [0.4, 0.5) is 22.0 Å². The maximum Gasteiger partial charge on any atom is 0.324 e. The van der Waals surface area contributed by atoms with Crippen LogP contribution in [0.3, 0.4) is 0 Å². The van der Waals surface area contributed by atoms with Gasteiger partial charge in [-0.3, -0.25) is 5.32 Å². The zero-order chi connectivity index (χ0) is 13.8. The van der Waals surface area contributed by atoms with Gasteiger partial charge in [0.1, 0.15) is 0 Å². The van der Waals surface area contributed by atoms with Gasteiger partial charge >= 0.3 is 6.03 Å². The van der Waals surface area contributed by atoms with Crippen LogP contribution in [0, 0.1) is 0 Å². The second kappa shape index (κ2) is 5.77. The number of nitrogens with one attached hydrogen (secondary N) is 2. The number of aromatic nitrogens is 1. The first-order chi connectivity index (χ1) is 9.06. The predicted octanol–water partition coefficient (Wildman–Crippen LogP) is 3.61. The number of rotatable bonds is 2. The van der Waals surface area contributed by atoms with Crippen molar-refractivity contribution in [1.82, 2.24) is 4.98 Å². The van der Waals surface area contributed by atoms with Gasteiger partial charge in [0.2, 0.25) is 0 Å². The standard InChI is InChI=1S/C12H10Cl2N4O/c13-7-3-4-8(14)10(6-7)17-12(19)18-11-9(15)2-1-5-16-11/h1-6H,15H2,(H2,16,17,18,19). The van der Waals surface area contributed by atoms with E-state index in [1.54, 1.807) is 30.3 Å². The van der Waals surface area contributed by atoms with Crippen LogP contribution in [0.1, 0.15) is 0 Å². The minimum absolute atomic E-state index is 0.276. The first-order valence-corrected chi connectivity index (χ1v) is 6.05. The van der Waals surface area contributed by atoms with E-state index < -0.39 is 6.03 Å². The molecule has 0 fully saturated rings. The zero-order valence-electron chi connectivity index (χ0n) is 9.65. The Bertz CT molecular complexity index is 618. The van der Waals surface area contributed by atoms with E-state index in [2.05, 4.69) is 15.6 Å². The summed E-state index contributed by atoms with van der Waals surface area (Å²) in [7, 11) is 0. The third-order valence-corrected chi connectivity index (χ3v) is 2.81. The fourth-order valence-electron chi connectivity index (χ4n) is 1.38. The first-order valence-electron chi connectivity index (χ1n) is 5.30. The Morgan fingerprint density at radius 3 is 2.74 bits per heavy atom. The Hall–Kier alpha value is -1.98. The van der Waals surface area contributed by atoms with E-state index in [-0.39, 0.29) is 5.82 Å². The van der Waals surface area contributed by atoms with Crippen LogP contribution in [-0.2, 0) is 0 Å². The number of nitrogens with zero attached hydrogens (tertiary/aromatic N) is 1. The highest BCUT2D eigenvalue weighted by atomic mass is 35.5. The molecule has 0 unspecified atom stereocenters. The number of hydrogen-bond acceptors (Lipinski definition) is 3. The van der Waals surface area contributed by atoms with E-state index in [9.17, 15) is 4.79 Å². The minimum Gasteiger partial charge on any atom is -0.396 e. The van der Waals surface area contributed by atoms with E-state index in [0.717, 1.165) is 0 Å². The molecule has 19 heavy (non-hydrogen) atoms. The second-order valence-corrected chi connectivity index (χ2v) is 4.49. The van der Waals surface area contributed by atoms with Gasteiger partial charge < -0.3 is 11.1 Å².